The fourth-order valence-electron chi connectivity index (χ4n) is 7.43. The lowest BCUT2D eigenvalue weighted by Crippen LogP contribution is -2.51. The molecule has 0 bridgehead atoms. The molecule has 304 valence electrons. The fraction of sp³-hybridized carbons (Fsp3) is 0.359. The predicted molar refractivity (Wildman–Crippen MR) is 210 cm³/mol. The van der Waals surface area contributed by atoms with E-state index in [2.05, 4.69) is 24.7 Å². The summed E-state index contributed by atoms with van der Waals surface area (Å²) in [4.78, 5) is 57.4. The lowest BCUT2D eigenvalue weighted by atomic mass is 9.74. The number of aliphatic hydroxyl groups is 1. The number of carbonyl (C=O) groups is 2. The van der Waals surface area contributed by atoms with Crippen LogP contribution < -0.4 is 9.62 Å². The van der Waals surface area contributed by atoms with Crippen molar-refractivity contribution in [3.05, 3.63) is 106 Å². The van der Waals surface area contributed by atoms with E-state index in [9.17, 15) is 37.6 Å². The number of anilines is 2. The number of rotatable bonds is 12. The molecule has 4 heterocycles. The number of nitrogens with zero attached hydrogens (tertiary/aromatic N) is 7. The number of nitrogens with one attached hydrogen (secondary N) is 2. The number of benzene rings is 2. The Kier molecular flexibility index (Phi) is 11.2. The zero-order valence-corrected chi connectivity index (χ0v) is 32.5. The van der Waals surface area contributed by atoms with Gasteiger partial charge < -0.3 is 19.9 Å². The van der Waals surface area contributed by atoms with Gasteiger partial charge >= 0.3 is 10.2 Å². The molecule has 7 rings (SSSR count). The molecule has 1 saturated carbocycles. The summed E-state index contributed by atoms with van der Waals surface area (Å²) in [5.41, 5.74) is -0.322. The lowest BCUT2D eigenvalue weighted by Gasteiger charge is -2.39. The lowest BCUT2D eigenvalue weighted by molar-refractivity contribution is -0.384. The monoisotopic (exact) mass is 817 g/mol. The fourth-order valence-corrected chi connectivity index (χ4v) is 8.36. The Morgan fingerprint density at radius 2 is 1.67 bits per heavy atom. The van der Waals surface area contributed by atoms with Crippen molar-refractivity contribution in [3.8, 4) is 11.1 Å². The van der Waals surface area contributed by atoms with Crippen LogP contribution in [0.2, 0.25) is 0 Å². The van der Waals surface area contributed by atoms with Crippen LogP contribution in [0.4, 0.5) is 26.1 Å². The summed E-state index contributed by atoms with van der Waals surface area (Å²) < 4.78 is 58.6. The van der Waals surface area contributed by atoms with Crippen LogP contribution in [0.1, 0.15) is 66.4 Å². The molecule has 16 nitrogen and oxygen atoms in total. The number of hydrogen-bond acceptors (Lipinski definition) is 11. The maximum atomic E-state index is 15.6. The Labute approximate surface area is 332 Å². The van der Waals surface area contributed by atoms with Gasteiger partial charge in [-0.1, -0.05) is 19.1 Å². The van der Waals surface area contributed by atoms with Gasteiger partial charge in [0.05, 0.1) is 28.2 Å². The molecule has 2 fully saturated rings. The minimum atomic E-state index is -4.16. The van der Waals surface area contributed by atoms with E-state index in [1.807, 2.05) is 4.90 Å². The molecule has 58 heavy (non-hydrogen) atoms. The van der Waals surface area contributed by atoms with Crippen LogP contribution in [0.5, 0.6) is 0 Å². The number of nitro groups is 1. The summed E-state index contributed by atoms with van der Waals surface area (Å²) in [6.07, 6.45) is 8.28. The minimum absolute atomic E-state index is 0.0205. The number of piperazine rings is 1. The van der Waals surface area contributed by atoms with Crippen LogP contribution in [-0.2, 0) is 15.0 Å². The van der Waals surface area contributed by atoms with Crippen LogP contribution in [0.25, 0.3) is 22.2 Å². The number of ketones is 1. The van der Waals surface area contributed by atoms with Gasteiger partial charge in [0.15, 0.2) is 5.82 Å². The molecule has 0 atom stereocenters. The molecule has 0 spiro atoms. The van der Waals surface area contributed by atoms with Gasteiger partial charge in [-0.15, -0.1) is 0 Å². The van der Waals surface area contributed by atoms with Gasteiger partial charge in [-0.25, -0.2) is 23.7 Å². The molecule has 5 aromatic rings. The van der Waals surface area contributed by atoms with Gasteiger partial charge in [-0.05, 0) is 55.4 Å². The van der Waals surface area contributed by atoms with Gasteiger partial charge in [-0.2, -0.15) is 12.7 Å². The molecule has 1 saturated heterocycles. The van der Waals surface area contributed by atoms with Crippen molar-refractivity contribution in [2.75, 3.05) is 49.4 Å². The number of amides is 1. The normalized spacial score (nSPS) is 18.8. The number of H-pyrrole nitrogens is 1. The highest BCUT2D eigenvalue weighted by Gasteiger charge is 2.37. The summed E-state index contributed by atoms with van der Waals surface area (Å²) in [5, 5.41) is 22.5. The highest BCUT2D eigenvalue weighted by Crippen LogP contribution is 2.40. The van der Waals surface area contributed by atoms with E-state index in [0.717, 1.165) is 22.0 Å². The molecule has 3 aromatic heterocycles. The van der Waals surface area contributed by atoms with Crippen molar-refractivity contribution in [2.45, 2.75) is 50.5 Å². The Bertz CT molecular complexity index is 2470. The summed E-state index contributed by atoms with van der Waals surface area (Å²) in [6, 6.07) is 9.85. The van der Waals surface area contributed by atoms with Gasteiger partial charge in [0, 0.05) is 98.8 Å². The Morgan fingerprint density at radius 1 is 1.02 bits per heavy atom. The minimum Gasteiger partial charge on any atom is -0.389 e. The van der Waals surface area contributed by atoms with Crippen LogP contribution in [0.3, 0.4) is 0 Å². The van der Waals surface area contributed by atoms with Crippen molar-refractivity contribution in [1.82, 2.24) is 29.1 Å². The number of fused-ring (bicyclic) bond motifs is 1. The zero-order valence-electron chi connectivity index (χ0n) is 31.7. The molecule has 0 unspecified atom stereocenters. The number of aromatic amines is 1. The van der Waals surface area contributed by atoms with Gasteiger partial charge in [0.25, 0.3) is 5.69 Å². The Hall–Kier alpha value is -5.92. The highest BCUT2D eigenvalue weighted by atomic mass is 32.2. The quantitative estimate of drug-likeness (QED) is 0.0850. The smallest absolute Gasteiger partial charge is 0.301 e. The van der Waals surface area contributed by atoms with E-state index in [1.165, 1.54) is 31.6 Å². The first kappa shape index (κ1) is 40.3. The number of halogens is 2. The van der Waals surface area contributed by atoms with E-state index < -0.39 is 49.4 Å². The molecule has 0 radical (unpaired) electrons. The van der Waals surface area contributed by atoms with Crippen LogP contribution >= 0.6 is 0 Å². The van der Waals surface area contributed by atoms with Gasteiger partial charge in [0.2, 0.25) is 17.6 Å². The Morgan fingerprint density at radius 3 is 2.31 bits per heavy atom. The second-order valence-corrected chi connectivity index (χ2v) is 16.4. The van der Waals surface area contributed by atoms with Crippen molar-refractivity contribution in [2.24, 2.45) is 0 Å². The van der Waals surface area contributed by atoms with E-state index in [-0.39, 0.29) is 47.1 Å². The van der Waals surface area contributed by atoms with Crippen molar-refractivity contribution >= 4 is 50.3 Å². The molecule has 3 N–H and O–H groups in total. The second kappa shape index (κ2) is 16.1. The van der Waals surface area contributed by atoms with E-state index in [1.54, 1.807) is 42.4 Å². The van der Waals surface area contributed by atoms with Crippen LogP contribution in [0.15, 0.2) is 67.3 Å². The number of nitro benzene ring substituents is 1. The van der Waals surface area contributed by atoms with Crippen LogP contribution in [-0.4, -0.2) is 105 Å². The van der Waals surface area contributed by atoms with Gasteiger partial charge in [-0.3, -0.25) is 24.4 Å². The second-order valence-electron chi connectivity index (χ2n) is 14.6. The molecular weight excluding hydrogens is 777 g/mol. The Balaban J connectivity index is 0.970. The number of hydrogen-bond donors (Lipinski definition) is 3. The summed E-state index contributed by atoms with van der Waals surface area (Å²) in [6.45, 7) is 3.45. The third kappa shape index (κ3) is 8.23. The zero-order chi connectivity index (χ0) is 41.4. The third-order valence-corrected chi connectivity index (χ3v) is 12.6. The van der Waals surface area contributed by atoms with Crippen molar-refractivity contribution in [3.63, 3.8) is 0 Å². The van der Waals surface area contributed by atoms with E-state index in [4.69, 9.17) is 0 Å². The largest absolute Gasteiger partial charge is 0.389 e. The number of non-ortho nitro benzene ring substituents is 1. The summed E-state index contributed by atoms with van der Waals surface area (Å²) in [7, 11) is -2.87. The molecule has 1 aliphatic heterocycles. The maximum absolute atomic E-state index is 15.6. The molecule has 1 aliphatic carbocycles. The first-order chi connectivity index (χ1) is 27.7. The molecular formula is C39H41F2N9O7S. The van der Waals surface area contributed by atoms with E-state index in [0.29, 0.717) is 68.9 Å². The topological polar surface area (TPSA) is 208 Å². The molecule has 2 aliphatic rings. The number of aromatic nitrogens is 4. The van der Waals surface area contributed by atoms with Gasteiger partial charge in [0.1, 0.15) is 11.5 Å². The average Bonchev–Trinajstić information content (AvgIpc) is 3.65. The summed E-state index contributed by atoms with van der Waals surface area (Å²) in [5.74, 6) is -3.06. The van der Waals surface area contributed by atoms with Crippen molar-refractivity contribution < 1.29 is 36.8 Å². The predicted octanol–water partition coefficient (Wildman–Crippen LogP) is 5.17. The van der Waals surface area contributed by atoms with Crippen LogP contribution in [0, 0.1) is 21.7 Å². The summed E-state index contributed by atoms with van der Waals surface area (Å²) >= 11 is 0. The highest BCUT2D eigenvalue weighted by molar-refractivity contribution is 7.90. The molecule has 2 aromatic carbocycles. The SMILES string of the molecule is CCN(C)S(=O)(=O)Nc1ccc(F)c(C(=O)c2c[nH]c3ncc(-c4cnc(N5CCN(C(=O)C[C@]6(O)CC[C@@H](c7ccc([N+](=O)[O-])cc7)CC6)CC5)nc4)cc23)c1F. The molecule has 1 amide bonds. The standard InChI is InChI=1S/C39H41F2N9O7S/c1-3-47(2)58(56,57)46-32-9-8-31(40)34(35(32)41)36(52)30-23-43-37-29(30)18-26(20-42-37)27-21-44-38(45-22-27)49-16-14-48(15-17-49)33(51)19-39(53)12-10-25(11-13-39)24-4-6-28(7-5-24)50(54)55/h4-9,18,20-23,25,46,53H,3,10-17,19H2,1-2H3,(H,42,43)/t25-,39+. The average molecular weight is 818 g/mol. The van der Waals surface area contributed by atoms with E-state index >= 15 is 4.39 Å². The first-order valence-electron chi connectivity index (χ1n) is 18.7. The molecule has 19 heteroatoms. The number of carbonyl (C=O) groups excluding carboxylic acids is 2. The van der Waals surface area contributed by atoms with Crippen molar-refractivity contribution in [1.29, 1.82) is 0 Å². The number of pyridine rings is 1. The maximum Gasteiger partial charge on any atom is 0.301 e. The first-order valence-corrected chi connectivity index (χ1v) is 20.2. The third-order valence-electron chi connectivity index (χ3n) is 11.0.